The van der Waals surface area contributed by atoms with Crippen LogP contribution in [0, 0.1) is 6.92 Å². The number of carbonyl (C=O) groups excluding carboxylic acids is 2. The van der Waals surface area contributed by atoms with Crippen LogP contribution in [0.2, 0.25) is 0 Å². The van der Waals surface area contributed by atoms with Crippen LogP contribution in [0.25, 0.3) is 11.1 Å². The summed E-state index contributed by atoms with van der Waals surface area (Å²) < 4.78 is 0. The van der Waals surface area contributed by atoms with Gasteiger partial charge in [-0.1, -0.05) is 68.5 Å². The molecule has 0 aliphatic heterocycles. The Hall–Kier alpha value is -2.80. The molecule has 3 rings (SSSR count). The summed E-state index contributed by atoms with van der Waals surface area (Å²) in [6.07, 6.45) is 11.5. The van der Waals surface area contributed by atoms with Gasteiger partial charge in [-0.3, -0.25) is 9.59 Å². The van der Waals surface area contributed by atoms with E-state index in [0.29, 0.717) is 30.6 Å². The molecule has 1 aliphatic rings. The van der Waals surface area contributed by atoms with Crippen LogP contribution >= 0.6 is 11.8 Å². The van der Waals surface area contributed by atoms with E-state index in [2.05, 4.69) is 10.6 Å². The maximum absolute atomic E-state index is 13.2. The van der Waals surface area contributed by atoms with Crippen molar-refractivity contribution in [3.8, 4) is 11.1 Å². The number of hydrogen-bond acceptors (Lipinski definition) is 4. The predicted octanol–water partition coefficient (Wildman–Crippen LogP) is 5.76. The molecule has 0 spiro atoms. The summed E-state index contributed by atoms with van der Waals surface area (Å²) in [7, 11) is 0. The van der Waals surface area contributed by atoms with E-state index in [1.54, 1.807) is 17.8 Å². The van der Waals surface area contributed by atoms with E-state index in [4.69, 9.17) is 0 Å². The first-order valence-electron chi connectivity index (χ1n) is 13.4. The summed E-state index contributed by atoms with van der Waals surface area (Å²) in [6, 6.07) is 12.8. The lowest BCUT2D eigenvalue weighted by molar-refractivity contribution is -0.139. The lowest BCUT2D eigenvalue weighted by atomic mass is 9.92. The van der Waals surface area contributed by atoms with Crippen LogP contribution in [0.5, 0.6) is 0 Å². The van der Waals surface area contributed by atoms with Crippen LogP contribution in [0.15, 0.2) is 42.5 Å². The lowest BCUT2D eigenvalue weighted by Crippen LogP contribution is -2.41. The van der Waals surface area contributed by atoms with E-state index in [1.807, 2.05) is 49.6 Å². The smallest absolute Gasteiger partial charge is 0.326 e. The van der Waals surface area contributed by atoms with Gasteiger partial charge in [-0.2, -0.15) is 11.8 Å². The van der Waals surface area contributed by atoms with Crippen LogP contribution < -0.4 is 10.6 Å². The van der Waals surface area contributed by atoms with Gasteiger partial charge in [0, 0.05) is 18.0 Å². The molecule has 0 radical (unpaired) electrons. The fourth-order valence-corrected chi connectivity index (χ4v) is 5.40. The number of carboxylic acid groups (broad SMARTS) is 1. The molecular weight excluding hydrogens is 484 g/mol. The van der Waals surface area contributed by atoms with Crippen molar-refractivity contribution >= 4 is 29.5 Å². The van der Waals surface area contributed by atoms with Crippen LogP contribution in [0.1, 0.15) is 79.3 Å². The Morgan fingerprint density at radius 1 is 1.00 bits per heavy atom. The SMILES string of the molecule is CSCC[C@H](NC(=O)c1ccc(CCC(=O)NC2CCCCCCC2)cc1-c1ccccc1C)C(=O)O. The Morgan fingerprint density at radius 3 is 2.38 bits per heavy atom. The van der Waals surface area contributed by atoms with Crippen molar-refractivity contribution < 1.29 is 19.5 Å². The number of rotatable bonds is 11. The van der Waals surface area contributed by atoms with Crippen molar-refractivity contribution in [2.75, 3.05) is 12.0 Å². The number of amides is 2. The van der Waals surface area contributed by atoms with Gasteiger partial charge < -0.3 is 15.7 Å². The van der Waals surface area contributed by atoms with E-state index < -0.39 is 17.9 Å². The average Bonchev–Trinajstić information content (AvgIpc) is 2.86. The standard InChI is InChI=1S/C30H40N2O4S/c1-21-10-8-9-13-24(21)26-20-22(15-17-28(33)31-23-11-6-4-3-5-7-12-23)14-16-25(26)29(34)32-27(30(35)36)18-19-37-2/h8-10,13-14,16,20,23,27H,3-7,11-12,15,17-19H2,1-2H3,(H,31,33)(H,32,34)(H,35,36)/t27-/m0/s1. The number of nitrogens with one attached hydrogen (secondary N) is 2. The zero-order valence-corrected chi connectivity index (χ0v) is 22.9. The normalized spacial score (nSPS) is 15.3. The fourth-order valence-electron chi connectivity index (χ4n) is 4.93. The third-order valence-corrected chi connectivity index (χ3v) is 7.73. The highest BCUT2D eigenvalue weighted by molar-refractivity contribution is 7.98. The van der Waals surface area contributed by atoms with Gasteiger partial charge in [0.05, 0.1) is 0 Å². The first-order chi connectivity index (χ1) is 17.9. The molecule has 2 amide bonds. The van der Waals surface area contributed by atoms with Crippen molar-refractivity contribution in [1.29, 1.82) is 0 Å². The van der Waals surface area contributed by atoms with Crippen molar-refractivity contribution in [2.45, 2.75) is 83.2 Å². The maximum atomic E-state index is 13.2. The van der Waals surface area contributed by atoms with Gasteiger partial charge in [0.1, 0.15) is 6.04 Å². The second kappa shape index (κ2) is 14.8. The van der Waals surface area contributed by atoms with Crippen LogP contribution in [0.4, 0.5) is 0 Å². The predicted molar refractivity (Wildman–Crippen MR) is 151 cm³/mol. The number of thioether (sulfide) groups is 1. The quantitative estimate of drug-likeness (QED) is 0.347. The number of carbonyl (C=O) groups is 3. The molecule has 1 aliphatic carbocycles. The van der Waals surface area contributed by atoms with Gasteiger partial charge in [-0.05, 0) is 72.9 Å². The van der Waals surface area contributed by atoms with Gasteiger partial charge >= 0.3 is 5.97 Å². The molecule has 0 bridgehead atoms. The summed E-state index contributed by atoms with van der Waals surface area (Å²) in [4.78, 5) is 37.6. The number of aryl methyl sites for hydroxylation is 2. The highest BCUT2D eigenvalue weighted by atomic mass is 32.2. The zero-order valence-electron chi connectivity index (χ0n) is 22.1. The highest BCUT2D eigenvalue weighted by Gasteiger charge is 2.23. The van der Waals surface area contributed by atoms with Gasteiger partial charge in [0.25, 0.3) is 5.91 Å². The molecule has 6 nitrogen and oxygen atoms in total. The molecule has 200 valence electrons. The van der Waals surface area contributed by atoms with E-state index in [9.17, 15) is 19.5 Å². The number of carboxylic acids is 1. The number of hydrogen-bond donors (Lipinski definition) is 3. The van der Waals surface area contributed by atoms with Gasteiger partial charge in [0.2, 0.25) is 5.91 Å². The largest absolute Gasteiger partial charge is 0.480 e. The molecule has 37 heavy (non-hydrogen) atoms. The minimum Gasteiger partial charge on any atom is -0.480 e. The van der Waals surface area contributed by atoms with Crippen LogP contribution in [-0.2, 0) is 16.0 Å². The Kier molecular flexibility index (Phi) is 11.5. The fraction of sp³-hybridized carbons (Fsp3) is 0.500. The topological polar surface area (TPSA) is 95.5 Å². The first-order valence-corrected chi connectivity index (χ1v) is 14.8. The number of benzene rings is 2. The molecule has 1 atom stereocenters. The molecule has 0 heterocycles. The molecule has 2 aromatic rings. The second-order valence-electron chi connectivity index (χ2n) is 9.95. The van der Waals surface area contributed by atoms with E-state index in [-0.39, 0.29) is 11.9 Å². The Labute approximate surface area is 225 Å². The Morgan fingerprint density at radius 2 is 1.70 bits per heavy atom. The summed E-state index contributed by atoms with van der Waals surface area (Å²) in [5.74, 6) is -0.723. The Balaban J connectivity index is 1.76. The average molecular weight is 525 g/mol. The zero-order chi connectivity index (χ0) is 26.6. The van der Waals surface area contributed by atoms with Crippen molar-refractivity contribution in [1.82, 2.24) is 10.6 Å². The van der Waals surface area contributed by atoms with Crippen molar-refractivity contribution in [3.05, 3.63) is 59.2 Å². The first kappa shape index (κ1) is 28.8. The van der Waals surface area contributed by atoms with E-state index in [1.165, 1.54) is 32.1 Å². The van der Waals surface area contributed by atoms with Gasteiger partial charge in [-0.25, -0.2) is 4.79 Å². The molecule has 0 aromatic heterocycles. The monoisotopic (exact) mass is 524 g/mol. The van der Waals surface area contributed by atoms with Crippen LogP contribution in [0.3, 0.4) is 0 Å². The third-order valence-electron chi connectivity index (χ3n) is 7.09. The van der Waals surface area contributed by atoms with E-state index in [0.717, 1.165) is 35.1 Å². The molecule has 3 N–H and O–H groups in total. The van der Waals surface area contributed by atoms with Gasteiger partial charge in [-0.15, -0.1) is 0 Å². The van der Waals surface area contributed by atoms with Crippen LogP contribution in [-0.4, -0.2) is 47.0 Å². The minimum atomic E-state index is -1.04. The summed E-state index contributed by atoms with van der Waals surface area (Å²) in [6.45, 7) is 1.99. The molecule has 0 saturated heterocycles. The Bertz CT molecular complexity index is 1060. The molecular formula is C30H40N2O4S. The molecule has 0 unspecified atom stereocenters. The lowest BCUT2D eigenvalue weighted by Gasteiger charge is -2.21. The molecule has 7 heteroatoms. The highest BCUT2D eigenvalue weighted by Crippen LogP contribution is 2.29. The second-order valence-corrected chi connectivity index (χ2v) is 10.9. The summed E-state index contributed by atoms with van der Waals surface area (Å²) in [5, 5.41) is 15.5. The molecule has 1 fully saturated rings. The third kappa shape index (κ3) is 8.92. The minimum absolute atomic E-state index is 0.0722. The van der Waals surface area contributed by atoms with Crippen molar-refractivity contribution in [3.63, 3.8) is 0 Å². The molecule has 1 saturated carbocycles. The van der Waals surface area contributed by atoms with Crippen molar-refractivity contribution in [2.24, 2.45) is 0 Å². The summed E-state index contributed by atoms with van der Waals surface area (Å²) in [5.41, 5.74) is 4.10. The number of aliphatic carboxylic acids is 1. The van der Waals surface area contributed by atoms with Gasteiger partial charge in [0.15, 0.2) is 0 Å². The summed E-state index contributed by atoms with van der Waals surface area (Å²) >= 11 is 1.55. The van der Waals surface area contributed by atoms with E-state index >= 15 is 0 Å². The molecule has 2 aromatic carbocycles. The maximum Gasteiger partial charge on any atom is 0.326 e.